The largest absolute Gasteiger partial charge is 0.0527 e. The molecule has 0 atom stereocenters. The molecule has 0 spiro atoms. The van der Waals surface area contributed by atoms with Crippen LogP contribution < -0.4 is 0 Å². The predicted molar refractivity (Wildman–Crippen MR) is 29.5 cm³/mol. The zero-order valence-electron chi connectivity index (χ0n) is 4.48. The summed E-state index contributed by atoms with van der Waals surface area (Å²) in [4.78, 5) is 0. The zero-order valence-corrected chi connectivity index (χ0v) is 4.48. The first kappa shape index (κ1) is 5.14. The first-order valence-electron chi connectivity index (χ1n) is 2.78. The zero-order chi connectivity index (χ0) is 5.33. The van der Waals surface area contributed by atoms with Crippen molar-refractivity contribution < 1.29 is 0 Å². The Morgan fingerprint density at radius 3 is 1.57 bits per heavy atom. The maximum atomic E-state index is 5.56. The maximum absolute atomic E-state index is 5.56. The second-order valence-electron chi connectivity index (χ2n) is 2.44. The standard InChI is InChI=1S/C7H10/c1-7(2)5-3-4-6-7/h1-2H,3-6H2. The minimum atomic E-state index is -0.306. The van der Waals surface area contributed by atoms with E-state index in [1.165, 1.54) is 12.8 Å². The summed E-state index contributed by atoms with van der Waals surface area (Å²) in [5.41, 5.74) is -0.306. The Morgan fingerprint density at radius 1 is 1.00 bits per heavy atom. The monoisotopic (exact) mass is 94.1 g/mol. The van der Waals surface area contributed by atoms with Gasteiger partial charge in [0.1, 0.15) is 0 Å². The molecule has 0 N–H and O–H groups in total. The van der Waals surface area contributed by atoms with Gasteiger partial charge >= 0.3 is 0 Å². The lowest BCUT2D eigenvalue weighted by Crippen LogP contribution is -2.03. The van der Waals surface area contributed by atoms with E-state index in [1.54, 1.807) is 0 Å². The summed E-state index contributed by atoms with van der Waals surface area (Å²) >= 11 is 0. The van der Waals surface area contributed by atoms with Crippen molar-refractivity contribution in [1.29, 1.82) is 0 Å². The van der Waals surface area contributed by atoms with Crippen molar-refractivity contribution in [2.75, 3.05) is 0 Å². The van der Waals surface area contributed by atoms with E-state index in [9.17, 15) is 0 Å². The molecule has 1 aliphatic carbocycles. The van der Waals surface area contributed by atoms with Crippen LogP contribution in [0.25, 0.3) is 0 Å². The molecule has 38 valence electrons. The van der Waals surface area contributed by atoms with Gasteiger partial charge in [0.05, 0.1) is 0 Å². The van der Waals surface area contributed by atoms with Gasteiger partial charge in [-0.25, -0.2) is 0 Å². The van der Waals surface area contributed by atoms with Crippen molar-refractivity contribution in [2.45, 2.75) is 25.7 Å². The van der Waals surface area contributed by atoms with E-state index in [0.29, 0.717) is 0 Å². The lowest BCUT2D eigenvalue weighted by Gasteiger charge is -2.12. The Hall–Kier alpha value is 0. The molecule has 0 saturated heterocycles. The third kappa shape index (κ3) is 1.19. The minimum Gasteiger partial charge on any atom is -0.0527 e. The molecular formula is C7H10. The number of hydrogen-bond acceptors (Lipinski definition) is 0. The highest BCUT2D eigenvalue weighted by atomic mass is 14.3. The van der Waals surface area contributed by atoms with E-state index in [4.69, 9.17) is 13.8 Å². The van der Waals surface area contributed by atoms with Crippen molar-refractivity contribution in [1.82, 2.24) is 0 Å². The topological polar surface area (TPSA) is 0 Å². The van der Waals surface area contributed by atoms with Crippen LogP contribution in [0.4, 0.5) is 0 Å². The highest BCUT2D eigenvalue weighted by Crippen LogP contribution is 2.35. The third-order valence-corrected chi connectivity index (χ3v) is 1.53. The molecule has 0 aromatic carbocycles. The van der Waals surface area contributed by atoms with Crippen LogP contribution in [0.3, 0.4) is 0 Å². The van der Waals surface area contributed by atoms with Crippen molar-refractivity contribution >= 4 is 0 Å². The van der Waals surface area contributed by atoms with Gasteiger partial charge in [0.25, 0.3) is 0 Å². The van der Waals surface area contributed by atoms with Gasteiger partial charge < -0.3 is 0 Å². The summed E-state index contributed by atoms with van der Waals surface area (Å²) < 4.78 is 0. The van der Waals surface area contributed by atoms with Crippen LogP contribution in [-0.2, 0) is 0 Å². The van der Waals surface area contributed by atoms with Gasteiger partial charge in [-0.05, 0) is 32.1 Å². The molecule has 0 bridgehead atoms. The van der Waals surface area contributed by atoms with E-state index in [-0.39, 0.29) is 5.41 Å². The Morgan fingerprint density at radius 2 is 1.43 bits per heavy atom. The van der Waals surface area contributed by atoms with Crippen LogP contribution in [0.15, 0.2) is 0 Å². The summed E-state index contributed by atoms with van der Waals surface area (Å²) in [5, 5.41) is 0. The SMILES string of the molecule is [CH]C1([CH])CCCC1. The molecule has 1 aliphatic rings. The molecule has 1 rings (SSSR count). The minimum absolute atomic E-state index is 0.306. The molecule has 0 nitrogen and oxygen atoms in total. The fourth-order valence-electron chi connectivity index (χ4n) is 1.03. The maximum Gasteiger partial charge on any atom is -0.0229 e. The second-order valence-corrected chi connectivity index (χ2v) is 2.44. The van der Waals surface area contributed by atoms with Gasteiger partial charge in [-0.3, -0.25) is 0 Å². The van der Waals surface area contributed by atoms with Crippen molar-refractivity contribution in [3.63, 3.8) is 0 Å². The van der Waals surface area contributed by atoms with Crippen LogP contribution in [-0.4, -0.2) is 0 Å². The average molecular weight is 94.2 g/mol. The van der Waals surface area contributed by atoms with Crippen LogP contribution in [0, 0.1) is 19.3 Å². The Kier molecular flexibility index (Phi) is 1.10. The molecule has 0 heterocycles. The van der Waals surface area contributed by atoms with Gasteiger partial charge in [-0.2, -0.15) is 0 Å². The molecule has 0 heteroatoms. The van der Waals surface area contributed by atoms with Crippen molar-refractivity contribution in [3.8, 4) is 0 Å². The van der Waals surface area contributed by atoms with E-state index in [0.717, 1.165) is 12.8 Å². The van der Waals surface area contributed by atoms with Crippen molar-refractivity contribution in [2.24, 2.45) is 5.41 Å². The van der Waals surface area contributed by atoms with E-state index in [1.807, 2.05) is 0 Å². The van der Waals surface area contributed by atoms with Crippen LogP contribution in [0.5, 0.6) is 0 Å². The lowest BCUT2D eigenvalue weighted by atomic mass is 9.92. The highest BCUT2D eigenvalue weighted by molar-refractivity contribution is 4.88. The van der Waals surface area contributed by atoms with Gasteiger partial charge in [0.2, 0.25) is 0 Å². The molecule has 1 saturated carbocycles. The van der Waals surface area contributed by atoms with Crippen molar-refractivity contribution in [3.05, 3.63) is 13.8 Å². The normalized spacial score (nSPS) is 28.3. The van der Waals surface area contributed by atoms with E-state index >= 15 is 0 Å². The van der Waals surface area contributed by atoms with Gasteiger partial charge in [0, 0.05) is 0 Å². The molecule has 0 aromatic rings. The summed E-state index contributed by atoms with van der Waals surface area (Å²) in [6.07, 6.45) is 4.44. The molecule has 0 aliphatic heterocycles. The molecule has 0 aromatic heterocycles. The Labute approximate surface area is 45.9 Å². The number of rotatable bonds is 0. The fraction of sp³-hybridized carbons (Fsp3) is 0.714. The Balaban J connectivity index is 2.40. The third-order valence-electron chi connectivity index (χ3n) is 1.53. The summed E-state index contributed by atoms with van der Waals surface area (Å²) in [5.74, 6) is 0. The fourth-order valence-corrected chi connectivity index (χ4v) is 1.03. The molecule has 0 amide bonds. The smallest absolute Gasteiger partial charge is 0.0229 e. The molecule has 4 radical (unpaired) electrons. The first-order chi connectivity index (χ1) is 3.21. The van der Waals surface area contributed by atoms with Crippen LogP contribution >= 0.6 is 0 Å². The number of hydrogen-bond donors (Lipinski definition) is 0. The molecular weight excluding hydrogens is 84.1 g/mol. The first-order valence-corrected chi connectivity index (χ1v) is 2.78. The highest BCUT2D eigenvalue weighted by Gasteiger charge is 2.22. The van der Waals surface area contributed by atoms with E-state index in [2.05, 4.69) is 0 Å². The summed E-state index contributed by atoms with van der Waals surface area (Å²) in [6.45, 7) is 11.1. The Bertz CT molecular complexity index is 54.4. The van der Waals surface area contributed by atoms with Gasteiger partial charge in [-0.15, -0.1) is 0 Å². The van der Waals surface area contributed by atoms with Gasteiger partial charge in [0.15, 0.2) is 0 Å². The lowest BCUT2D eigenvalue weighted by molar-refractivity contribution is 0.504. The quantitative estimate of drug-likeness (QED) is 0.430. The van der Waals surface area contributed by atoms with Crippen LogP contribution in [0.2, 0.25) is 0 Å². The van der Waals surface area contributed by atoms with E-state index < -0.39 is 0 Å². The van der Waals surface area contributed by atoms with Crippen LogP contribution in [0.1, 0.15) is 25.7 Å². The summed E-state index contributed by atoms with van der Waals surface area (Å²) in [7, 11) is 0. The molecule has 0 unspecified atom stereocenters. The summed E-state index contributed by atoms with van der Waals surface area (Å²) in [6, 6.07) is 0. The van der Waals surface area contributed by atoms with Gasteiger partial charge in [-0.1, -0.05) is 12.8 Å². The average Bonchev–Trinajstić information content (AvgIpc) is 1.84. The molecule has 7 heavy (non-hydrogen) atoms. The molecule has 1 fully saturated rings. The second kappa shape index (κ2) is 1.50. The predicted octanol–water partition coefficient (Wildman–Crippen LogP) is 1.97.